The maximum atomic E-state index is 5.82. The van der Waals surface area contributed by atoms with Gasteiger partial charge < -0.3 is 10.2 Å². The average Bonchev–Trinajstić information content (AvgIpc) is 2.77. The third kappa shape index (κ3) is 1.24. The van der Waals surface area contributed by atoms with Gasteiger partial charge >= 0.3 is 0 Å². The molecule has 5 heteroatoms. The summed E-state index contributed by atoms with van der Waals surface area (Å²) < 4.78 is 13.0. The molecule has 2 heterocycles. The van der Waals surface area contributed by atoms with Crippen LogP contribution in [0.5, 0.6) is 0 Å². The second kappa shape index (κ2) is 3.04. The Balaban J connectivity index is 2.27. The maximum Gasteiger partial charge on any atom is 0.126 e. The molecule has 0 aliphatic heterocycles. The zero-order valence-electron chi connectivity index (χ0n) is 6.18. The van der Waals surface area contributed by atoms with Crippen molar-refractivity contribution in [3.8, 4) is 0 Å². The Hall–Kier alpha value is -1.20. The number of rotatable bonds is 2. The fourth-order valence-electron chi connectivity index (χ4n) is 0.923. The predicted octanol–water partition coefficient (Wildman–Crippen LogP) is 1.18. The van der Waals surface area contributed by atoms with E-state index in [0.717, 1.165) is 17.4 Å². The molecular weight excluding hydrogens is 174 g/mol. The van der Waals surface area contributed by atoms with Crippen LogP contribution < -0.4 is 5.73 Å². The monoisotopic (exact) mass is 181 g/mol. The van der Waals surface area contributed by atoms with E-state index < -0.39 is 0 Å². The molecular formula is C7H7N3OS. The molecule has 0 aliphatic carbocycles. The van der Waals surface area contributed by atoms with Crippen LogP contribution in [0.2, 0.25) is 0 Å². The highest BCUT2D eigenvalue weighted by Crippen LogP contribution is 2.17. The SMILES string of the molecule is NC(c1cnsn1)c1ccco1. The number of furan rings is 1. The Kier molecular flexibility index (Phi) is 1.89. The van der Waals surface area contributed by atoms with Gasteiger partial charge in [-0.25, -0.2) is 0 Å². The smallest absolute Gasteiger partial charge is 0.126 e. The molecule has 0 aromatic carbocycles. The Morgan fingerprint density at radius 2 is 2.50 bits per heavy atom. The summed E-state index contributed by atoms with van der Waals surface area (Å²) in [5.41, 5.74) is 6.56. The lowest BCUT2D eigenvalue weighted by molar-refractivity contribution is 0.487. The standard InChI is InChI=1S/C7H7N3OS/c8-7(5-4-9-12-10-5)6-2-1-3-11-6/h1-4,7H,8H2. The Bertz CT molecular complexity index is 295. The molecule has 0 fully saturated rings. The van der Waals surface area contributed by atoms with Crippen LogP contribution in [0.4, 0.5) is 0 Å². The average molecular weight is 181 g/mol. The molecule has 0 saturated carbocycles. The fourth-order valence-corrected chi connectivity index (χ4v) is 1.38. The minimum atomic E-state index is -0.293. The van der Waals surface area contributed by atoms with E-state index in [1.165, 1.54) is 0 Å². The van der Waals surface area contributed by atoms with Gasteiger partial charge in [0.05, 0.1) is 29.9 Å². The zero-order chi connectivity index (χ0) is 8.39. The third-order valence-electron chi connectivity index (χ3n) is 1.55. The predicted molar refractivity (Wildman–Crippen MR) is 44.6 cm³/mol. The summed E-state index contributed by atoms with van der Waals surface area (Å²) in [6.45, 7) is 0. The van der Waals surface area contributed by atoms with Gasteiger partial charge in [0.15, 0.2) is 0 Å². The van der Waals surface area contributed by atoms with Crippen LogP contribution in [-0.2, 0) is 0 Å². The quantitative estimate of drug-likeness (QED) is 0.755. The molecule has 0 aliphatic rings. The van der Waals surface area contributed by atoms with Crippen LogP contribution in [-0.4, -0.2) is 8.75 Å². The highest BCUT2D eigenvalue weighted by atomic mass is 32.1. The molecule has 0 saturated heterocycles. The summed E-state index contributed by atoms with van der Waals surface area (Å²) in [6.07, 6.45) is 3.24. The summed E-state index contributed by atoms with van der Waals surface area (Å²) >= 11 is 1.14. The first kappa shape index (κ1) is 7.45. The lowest BCUT2D eigenvalue weighted by Gasteiger charge is -2.02. The first-order valence-electron chi connectivity index (χ1n) is 3.44. The molecule has 12 heavy (non-hydrogen) atoms. The number of nitrogens with two attached hydrogens (primary N) is 1. The molecule has 0 spiro atoms. The summed E-state index contributed by atoms with van der Waals surface area (Å²) in [4.78, 5) is 0. The first-order valence-corrected chi connectivity index (χ1v) is 4.17. The van der Waals surface area contributed by atoms with Crippen molar-refractivity contribution in [2.45, 2.75) is 6.04 Å². The fraction of sp³-hybridized carbons (Fsp3) is 0.143. The Morgan fingerprint density at radius 1 is 1.58 bits per heavy atom. The van der Waals surface area contributed by atoms with Gasteiger partial charge in [-0.05, 0) is 12.1 Å². The van der Waals surface area contributed by atoms with Gasteiger partial charge in [-0.3, -0.25) is 0 Å². The summed E-state index contributed by atoms with van der Waals surface area (Å²) in [5, 5.41) is 0. The molecule has 0 bridgehead atoms. The minimum Gasteiger partial charge on any atom is -0.467 e. The normalized spacial score (nSPS) is 13.1. The van der Waals surface area contributed by atoms with Crippen LogP contribution in [0.1, 0.15) is 17.5 Å². The molecule has 2 aromatic rings. The Morgan fingerprint density at radius 3 is 3.08 bits per heavy atom. The highest BCUT2D eigenvalue weighted by Gasteiger charge is 2.13. The molecule has 0 amide bonds. The molecule has 4 nitrogen and oxygen atoms in total. The van der Waals surface area contributed by atoms with E-state index in [9.17, 15) is 0 Å². The van der Waals surface area contributed by atoms with Gasteiger partial charge in [0.25, 0.3) is 0 Å². The van der Waals surface area contributed by atoms with E-state index in [-0.39, 0.29) is 6.04 Å². The van der Waals surface area contributed by atoms with E-state index in [1.54, 1.807) is 18.5 Å². The second-order valence-electron chi connectivity index (χ2n) is 2.33. The van der Waals surface area contributed by atoms with Crippen molar-refractivity contribution in [2.75, 3.05) is 0 Å². The van der Waals surface area contributed by atoms with Crippen molar-refractivity contribution in [1.29, 1.82) is 0 Å². The summed E-state index contributed by atoms with van der Waals surface area (Å²) in [6, 6.07) is 3.33. The summed E-state index contributed by atoms with van der Waals surface area (Å²) in [5.74, 6) is 0.711. The molecule has 2 rings (SSSR count). The van der Waals surface area contributed by atoms with Crippen molar-refractivity contribution < 1.29 is 4.42 Å². The van der Waals surface area contributed by atoms with Crippen LogP contribution >= 0.6 is 11.7 Å². The van der Waals surface area contributed by atoms with E-state index >= 15 is 0 Å². The van der Waals surface area contributed by atoms with Gasteiger partial charge in [0.2, 0.25) is 0 Å². The lowest BCUT2D eigenvalue weighted by Crippen LogP contribution is -2.10. The van der Waals surface area contributed by atoms with Gasteiger partial charge in [-0.2, -0.15) is 8.75 Å². The molecule has 62 valence electrons. The topological polar surface area (TPSA) is 64.9 Å². The number of nitrogens with zero attached hydrogens (tertiary/aromatic N) is 2. The van der Waals surface area contributed by atoms with E-state index in [4.69, 9.17) is 10.2 Å². The van der Waals surface area contributed by atoms with Gasteiger partial charge in [0, 0.05) is 0 Å². The van der Waals surface area contributed by atoms with Crippen molar-refractivity contribution in [3.05, 3.63) is 36.0 Å². The highest BCUT2D eigenvalue weighted by molar-refractivity contribution is 6.99. The number of aromatic nitrogens is 2. The molecule has 0 radical (unpaired) electrons. The largest absolute Gasteiger partial charge is 0.467 e. The molecule has 2 N–H and O–H groups in total. The molecule has 2 aromatic heterocycles. The van der Waals surface area contributed by atoms with Gasteiger partial charge in [-0.15, -0.1) is 0 Å². The summed E-state index contributed by atoms with van der Waals surface area (Å²) in [7, 11) is 0. The minimum absolute atomic E-state index is 0.293. The van der Waals surface area contributed by atoms with E-state index in [2.05, 4.69) is 8.75 Å². The van der Waals surface area contributed by atoms with Crippen molar-refractivity contribution in [3.63, 3.8) is 0 Å². The van der Waals surface area contributed by atoms with Crippen LogP contribution in [0.25, 0.3) is 0 Å². The Labute approximate surface area is 73.3 Å². The third-order valence-corrected chi connectivity index (χ3v) is 2.04. The zero-order valence-corrected chi connectivity index (χ0v) is 6.99. The second-order valence-corrected chi connectivity index (χ2v) is 2.88. The van der Waals surface area contributed by atoms with Crippen molar-refractivity contribution >= 4 is 11.7 Å². The van der Waals surface area contributed by atoms with E-state index in [1.807, 2.05) is 6.07 Å². The van der Waals surface area contributed by atoms with Crippen LogP contribution in [0.3, 0.4) is 0 Å². The van der Waals surface area contributed by atoms with Gasteiger partial charge in [-0.1, -0.05) is 0 Å². The van der Waals surface area contributed by atoms with Crippen LogP contribution in [0, 0.1) is 0 Å². The molecule has 1 atom stereocenters. The first-order chi connectivity index (χ1) is 5.88. The molecule has 1 unspecified atom stereocenters. The lowest BCUT2D eigenvalue weighted by atomic mass is 10.2. The maximum absolute atomic E-state index is 5.82. The number of hydrogen-bond donors (Lipinski definition) is 1. The van der Waals surface area contributed by atoms with Gasteiger partial charge in [0.1, 0.15) is 11.8 Å². The van der Waals surface area contributed by atoms with Crippen LogP contribution in [0.15, 0.2) is 29.0 Å². The van der Waals surface area contributed by atoms with Crippen molar-refractivity contribution in [2.24, 2.45) is 5.73 Å². The number of hydrogen-bond acceptors (Lipinski definition) is 5. The van der Waals surface area contributed by atoms with Crippen molar-refractivity contribution in [1.82, 2.24) is 8.75 Å². The van der Waals surface area contributed by atoms with E-state index in [0.29, 0.717) is 5.76 Å².